The van der Waals surface area contributed by atoms with Crippen LogP contribution in [0.25, 0.3) is 0 Å². The highest BCUT2D eigenvalue weighted by molar-refractivity contribution is 7.89. The van der Waals surface area contributed by atoms with Gasteiger partial charge in [-0.25, -0.2) is 8.42 Å². The number of nitrogens with zero attached hydrogens (tertiary/aromatic N) is 2. The number of benzene rings is 2. The van der Waals surface area contributed by atoms with Gasteiger partial charge in [0.2, 0.25) is 21.8 Å². The van der Waals surface area contributed by atoms with E-state index in [4.69, 9.17) is 11.6 Å². The van der Waals surface area contributed by atoms with Crippen LogP contribution in [0.1, 0.15) is 32.8 Å². The fraction of sp³-hybridized carbons (Fsp3) is 0.417. The Morgan fingerprint density at radius 2 is 1.64 bits per heavy atom. The molecule has 0 saturated heterocycles. The lowest BCUT2D eigenvalue weighted by atomic mass is 10.1. The lowest BCUT2D eigenvalue weighted by Crippen LogP contribution is -2.52. The van der Waals surface area contributed by atoms with Crippen LogP contribution in [0.4, 0.5) is 0 Å². The molecule has 0 spiro atoms. The van der Waals surface area contributed by atoms with Crippen molar-refractivity contribution in [3.05, 3.63) is 65.2 Å². The molecule has 0 aliphatic heterocycles. The molecule has 0 saturated carbocycles. The number of halogens is 1. The van der Waals surface area contributed by atoms with E-state index in [0.29, 0.717) is 18.0 Å². The van der Waals surface area contributed by atoms with Gasteiger partial charge >= 0.3 is 0 Å². The standard InChI is InChI=1S/C24H32ClN3O4S/c1-5-22(24(30)26-15-18(2)3)28(16-19-9-7-6-8-10-19)23(29)17-27(4)33(31,32)21-13-11-20(25)12-14-21/h6-14,18,22H,5,15-17H2,1-4H3,(H,26,30). The molecule has 0 aliphatic carbocycles. The number of rotatable bonds is 11. The maximum Gasteiger partial charge on any atom is 0.243 e. The summed E-state index contributed by atoms with van der Waals surface area (Å²) in [6.45, 7) is 6.11. The molecular formula is C24H32ClN3O4S. The molecule has 0 fully saturated rings. The second-order valence-corrected chi connectivity index (χ2v) is 10.8. The van der Waals surface area contributed by atoms with Crippen molar-refractivity contribution in [2.75, 3.05) is 20.1 Å². The van der Waals surface area contributed by atoms with Crippen LogP contribution in [0, 0.1) is 5.92 Å². The van der Waals surface area contributed by atoms with Crippen LogP contribution < -0.4 is 5.32 Å². The van der Waals surface area contributed by atoms with Crippen LogP contribution in [0.3, 0.4) is 0 Å². The molecule has 7 nitrogen and oxygen atoms in total. The molecule has 1 atom stereocenters. The zero-order valence-corrected chi connectivity index (χ0v) is 21.1. The highest BCUT2D eigenvalue weighted by Gasteiger charge is 2.31. The average Bonchev–Trinajstić information content (AvgIpc) is 2.78. The van der Waals surface area contributed by atoms with Crippen molar-refractivity contribution < 1.29 is 18.0 Å². The van der Waals surface area contributed by atoms with Gasteiger partial charge in [-0.2, -0.15) is 4.31 Å². The topological polar surface area (TPSA) is 86.8 Å². The number of hydrogen-bond acceptors (Lipinski definition) is 4. The monoisotopic (exact) mass is 493 g/mol. The predicted molar refractivity (Wildman–Crippen MR) is 130 cm³/mol. The van der Waals surface area contributed by atoms with Gasteiger partial charge in [0.25, 0.3) is 0 Å². The van der Waals surface area contributed by atoms with Crippen LogP contribution in [0.15, 0.2) is 59.5 Å². The number of carbonyl (C=O) groups is 2. The highest BCUT2D eigenvalue weighted by atomic mass is 35.5. The van der Waals surface area contributed by atoms with Crippen molar-refractivity contribution in [2.24, 2.45) is 5.92 Å². The summed E-state index contributed by atoms with van der Waals surface area (Å²) in [5, 5.41) is 3.31. The molecule has 33 heavy (non-hydrogen) atoms. The van der Waals surface area contributed by atoms with Crippen LogP contribution in [-0.2, 0) is 26.2 Å². The third kappa shape index (κ3) is 7.55. The normalized spacial score (nSPS) is 12.6. The molecule has 2 amide bonds. The summed E-state index contributed by atoms with van der Waals surface area (Å²) in [4.78, 5) is 27.8. The summed E-state index contributed by atoms with van der Waals surface area (Å²) in [5.41, 5.74) is 0.851. The summed E-state index contributed by atoms with van der Waals surface area (Å²) >= 11 is 5.86. The van der Waals surface area contributed by atoms with E-state index in [1.54, 1.807) is 0 Å². The third-order valence-electron chi connectivity index (χ3n) is 5.15. The van der Waals surface area contributed by atoms with Gasteiger partial charge in [-0.3, -0.25) is 9.59 Å². The first kappa shape index (κ1) is 26.8. The quantitative estimate of drug-likeness (QED) is 0.518. The van der Waals surface area contributed by atoms with E-state index < -0.39 is 28.5 Å². The van der Waals surface area contributed by atoms with E-state index in [0.717, 1.165) is 9.87 Å². The summed E-state index contributed by atoms with van der Waals surface area (Å²) < 4.78 is 26.9. The van der Waals surface area contributed by atoms with Gasteiger partial charge in [-0.05, 0) is 42.2 Å². The van der Waals surface area contributed by atoms with E-state index in [1.807, 2.05) is 51.1 Å². The third-order valence-corrected chi connectivity index (χ3v) is 7.22. The van der Waals surface area contributed by atoms with Gasteiger partial charge < -0.3 is 10.2 Å². The molecule has 9 heteroatoms. The summed E-state index contributed by atoms with van der Waals surface area (Å²) in [7, 11) is -2.56. The number of sulfonamides is 1. The molecule has 1 unspecified atom stereocenters. The smallest absolute Gasteiger partial charge is 0.243 e. The fourth-order valence-corrected chi connectivity index (χ4v) is 4.52. The van der Waals surface area contributed by atoms with Crippen molar-refractivity contribution >= 4 is 33.4 Å². The SMILES string of the molecule is CCC(C(=O)NCC(C)C)N(Cc1ccccc1)C(=O)CN(C)S(=O)(=O)c1ccc(Cl)cc1. The second kappa shape index (κ2) is 12.2. The lowest BCUT2D eigenvalue weighted by molar-refractivity contribution is -0.141. The summed E-state index contributed by atoms with van der Waals surface area (Å²) in [6, 6.07) is 14.4. The molecule has 2 aromatic rings. The molecule has 180 valence electrons. The minimum absolute atomic E-state index is 0.0403. The van der Waals surface area contributed by atoms with Gasteiger partial charge in [0.05, 0.1) is 11.4 Å². The Bertz CT molecular complexity index is 1030. The zero-order chi connectivity index (χ0) is 24.6. The Morgan fingerprint density at radius 3 is 2.18 bits per heavy atom. The molecule has 0 heterocycles. The Morgan fingerprint density at radius 1 is 1.03 bits per heavy atom. The molecule has 0 aromatic heterocycles. The zero-order valence-electron chi connectivity index (χ0n) is 19.5. The van der Waals surface area contributed by atoms with Crippen LogP contribution >= 0.6 is 11.6 Å². The van der Waals surface area contributed by atoms with E-state index in [9.17, 15) is 18.0 Å². The van der Waals surface area contributed by atoms with Crippen molar-refractivity contribution in [3.8, 4) is 0 Å². The van der Waals surface area contributed by atoms with Gasteiger partial charge in [0.1, 0.15) is 6.04 Å². The largest absolute Gasteiger partial charge is 0.354 e. The van der Waals surface area contributed by atoms with E-state index in [1.165, 1.54) is 36.2 Å². The maximum atomic E-state index is 13.4. The Kier molecular flexibility index (Phi) is 9.88. The maximum absolute atomic E-state index is 13.4. The molecule has 0 aliphatic rings. The number of amides is 2. The van der Waals surface area contributed by atoms with Crippen molar-refractivity contribution in [1.29, 1.82) is 0 Å². The van der Waals surface area contributed by atoms with Gasteiger partial charge in [-0.15, -0.1) is 0 Å². The fourth-order valence-electron chi connectivity index (χ4n) is 3.27. The lowest BCUT2D eigenvalue weighted by Gasteiger charge is -2.32. The van der Waals surface area contributed by atoms with E-state index in [2.05, 4.69) is 5.32 Å². The number of likely N-dealkylation sites (N-methyl/N-ethyl adjacent to an activating group) is 1. The first-order chi connectivity index (χ1) is 15.6. The number of carbonyl (C=O) groups excluding carboxylic acids is 2. The molecule has 0 bridgehead atoms. The van der Waals surface area contributed by atoms with E-state index >= 15 is 0 Å². The Balaban J connectivity index is 2.28. The Hall–Kier alpha value is -2.42. The van der Waals surface area contributed by atoms with Gasteiger partial charge in [0.15, 0.2) is 0 Å². The van der Waals surface area contributed by atoms with E-state index in [-0.39, 0.29) is 23.3 Å². The van der Waals surface area contributed by atoms with Crippen molar-refractivity contribution in [2.45, 2.75) is 44.7 Å². The molecule has 1 N–H and O–H groups in total. The first-order valence-electron chi connectivity index (χ1n) is 10.9. The van der Waals surface area contributed by atoms with Gasteiger partial charge in [0, 0.05) is 25.2 Å². The first-order valence-corrected chi connectivity index (χ1v) is 12.7. The van der Waals surface area contributed by atoms with Crippen molar-refractivity contribution in [1.82, 2.24) is 14.5 Å². The van der Waals surface area contributed by atoms with Crippen LogP contribution in [0.2, 0.25) is 5.02 Å². The predicted octanol–water partition coefficient (Wildman–Crippen LogP) is 3.54. The van der Waals surface area contributed by atoms with Gasteiger partial charge in [-0.1, -0.05) is 62.7 Å². The number of hydrogen-bond donors (Lipinski definition) is 1. The minimum Gasteiger partial charge on any atom is -0.354 e. The average molecular weight is 494 g/mol. The van der Waals surface area contributed by atoms with Crippen LogP contribution in [-0.4, -0.2) is 55.6 Å². The summed E-state index contributed by atoms with van der Waals surface area (Å²) in [6.07, 6.45) is 0.399. The highest BCUT2D eigenvalue weighted by Crippen LogP contribution is 2.19. The number of nitrogens with one attached hydrogen (secondary N) is 1. The second-order valence-electron chi connectivity index (χ2n) is 8.29. The Labute approximate surface area is 201 Å². The molecular weight excluding hydrogens is 462 g/mol. The molecule has 0 radical (unpaired) electrons. The molecule has 2 rings (SSSR count). The minimum atomic E-state index is -3.90. The molecule has 2 aromatic carbocycles. The van der Waals surface area contributed by atoms with Crippen molar-refractivity contribution in [3.63, 3.8) is 0 Å². The van der Waals surface area contributed by atoms with Crippen LogP contribution in [0.5, 0.6) is 0 Å². The summed E-state index contributed by atoms with van der Waals surface area (Å²) in [5.74, 6) is -0.440.